The molecule has 3 heterocycles. The van der Waals surface area contributed by atoms with Gasteiger partial charge in [-0.1, -0.05) is 6.08 Å². The third-order valence-corrected chi connectivity index (χ3v) is 7.56. The first-order chi connectivity index (χ1) is 19.3. The normalized spacial score (nSPS) is 19.9. The SMILES string of the molecule is CC(C)OC(=O)N1CCC=C(c2cc(NC(=O)c3c[nH]c(=O)cc3C(F)F)c(N3CC(C)N(C)C(C)C3)cc2F)C1. The Bertz CT molecular complexity index is 1380. The topological polar surface area (TPSA) is 98.0 Å². The highest BCUT2D eigenvalue weighted by molar-refractivity contribution is 6.07. The summed E-state index contributed by atoms with van der Waals surface area (Å²) in [6.07, 6.45) is -0.605. The standard InChI is InChI=1S/C29H36F3N5O4/c1-16(2)41-29(40)36-8-6-7-19(15-36)20-9-24(34-28(39)22-12-33-26(38)10-21(22)27(31)32)25(11-23(20)30)37-13-17(3)35(5)18(4)14-37/h7,9-12,16-18,27H,6,8,13-15H2,1-5H3,(H,33,38)(H,34,39). The molecule has 9 nitrogen and oxygen atoms in total. The molecular weight excluding hydrogens is 539 g/mol. The Balaban J connectivity index is 1.74. The highest BCUT2D eigenvalue weighted by Crippen LogP contribution is 2.36. The van der Waals surface area contributed by atoms with Crippen LogP contribution in [0.5, 0.6) is 0 Å². The van der Waals surface area contributed by atoms with Crippen molar-refractivity contribution in [3.63, 3.8) is 0 Å². The molecule has 2 aromatic rings. The van der Waals surface area contributed by atoms with E-state index in [4.69, 9.17) is 4.74 Å². The number of hydrogen-bond donors (Lipinski definition) is 2. The Morgan fingerprint density at radius 1 is 1.12 bits per heavy atom. The maximum Gasteiger partial charge on any atom is 0.410 e. The fourth-order valence-electron chi connectivity index (χ4n) is 5.20. The summed E-state index contributed by atoms with van der Waals surface area (Å²) in [5.41, 5.74) is -0.508. The van der Waals surface area contributed by atoms with Gasteiger partial charge in [0.15, 0.2) is 0 Å². The second kappa shape index (κ2) is 12.4. The van der Waals surface area contributed by atoms with Crippen molar-refractivity contribution in [2.24, 2.45) is 0 Å². The maximum absolute atomic E-state index is 15.8. The molecule has 2 atom stereocenters. The summed E-state index contributed by atoms with van der Waals surface area (Å²) < 4.78 is 48.5. The van der Waals surface area contributed by atoms with Gasteiger partial charge in [0.1, 0.15) is 5.82 Å². The lowest BCUT2D eigenvalue weighted by molar-refractivity contribution is 0.0802. The summed E-state index contributed by atoms with van der Waals surface area (Å²) in [5, 5.41) is 2.70. The monoisotopic (exact) mass is 575 g/mol. The van der Waals surface area contributed by atoms with E-state index in [-0.39, 0.29) is 36.0 Å². The number of pyridine rings is 1. The van der Waals surface area contributed by atoms with Gasteiger partial charge in [-0.2, -0.15) is 0 Å². The van der Waals surface area contributed by atoms with Gasteiger partial charge in [-0.05, 0) is 58.9 Å². The second-order valence-corrected chi connectivity index (χ2v) is 10.9. The highest BCUT2D eigenvalue weighted by atomic mass is 19.3. The maximum atomic E-state index is 15.8. The van der Waals surface area contributed by atoms with Crippen molar-refractivity contribution in [3.8, 4) is 0 Å². The van der Waals surface area contributed by atoms with E-state index in [1.807, 2.05) is 31.9 Å². The van der Waals surface area contributed by atoms with Crippen molar-refractivity contribution in [2.45, 2.75) is 58.7 Å². The van der Waals surface area contributed by atoms with Gasteiger partial charge in [0, 0.05) is 61.7 Å². The molecule has 0 bridgehead atoms. The molecule has 2 N–H and O–H groups in total. The average Bonchev–Trinajstić information content (AvgIpc) is 2.91. The van der Waals surface area contributed by atoms with Gasteiger partial charge < -0.3 is 24.8 Å². The van der Waals surface area contributed by atoms with Crippen LogP contribution in [0.2, 0.25) is 0 Å². The van der Waals surface area contributed by atoms with Crippen LogP contribution in [-0.4, -0.2) is 78.2 Å². The van der Waals surface area contributed by atoms with Crippen LogP contribution in [0.25, 0.3) is 5.57 Å². The third-order valence-electron chi connectivity index (χ3n) is 7.56. The quantitative estimate of drug-likeness (QED) is 0.510. The molecular formula is C29H36F3N5O4. The van der Waals surface area contributed by atoms with E-state index in [2.05, 4.69) is 15.2 Å². The van der Waals surface area contributed by atoms with Crippen molar-refractivity contribution in [2.75, 3.05) is 43.4 Å². The second-order valence-electron chi connectivity index (χ2n) is 10.9. The number of rotatable bonds is 6. The number of carbonyl (C=O) groups is 2. The molecule has 1 fully saturated rings. The summed E-state index contributed by atoms with van der Waals surface area (Å²) >= 11 is 0. The van der Waals surface area contributed by atoms with Gasteiger partial charge in [0.05, 0.1) is 23.0 Å². The number of aromatic amines is 1. The van der Waals surface area contributed by atoms with Gasteiger partial charge >= 0.3 is 6.09 Å². The van der Waals surface area contributed by atoms with E-state index in [1.54, 1.807) is 13.8 Å². The number of nitrogens with one attached hydrogen (secondary N) is 2. The molecule has 12 heteroatoms. The Morgan fingerprint density at radius 3 is 2.44 bits per heavy atom. The minimum Gasteiger partial charge on any atom is -0.447 e. The number of amides is 2. The minimum absolute atomic E-state index is 0.104. The number of carbonyl (C=O) groups excluding carboxylic acids is 2. The molecule has 2 unspecified atom stereocenters. The highest BCUT2D eigenvalue weighted by Gasteiger charge is 2.30. The van der Waals surface area contributed by atoms with Crippen LogP contribution < -0.4 is 15.8 Å². The number of piperazine rings is 1. The van der Waals surface area contributed by atoms with Gasteiger partial charge in [-0.25, -0.2) is 18.0 Å². The van der Waals surface area contributed by atoms with Crippen LogP contribution in [0.1, 0.15) is 62.0 Å². The Hall–Kier alpha value is -3.80. The zero-order valence-electron chi connectivity index (χ0n) is 23.8. The molecule has 0 saturated carbocycles. The molecule has 2 amide bonds. The fourth-order valence-corrected chi connectivity index (χ4v) is 5.20. The van der Waals surface area contributed by atoms with Crippen molar-refractivity contribution in [3.05, 3.63) is 63.3 Å². The number of aromatic nitrogens is 1. The lowest BCUT2D eigenvalue weighted by atomic mass is 9.98. The molecule has 0 spiro atoms. The molecule has 4 rings (SSSR count). The molecule has 2 aliphatic rings. The largest absolute Gasteiger partial charge is 0.447 e. The van der Waals surface area contributed by atoms with Crippen LogP contribution in [0.3, 0.4) is 0 Å². The predicted octanol–water partition coefficient (Wildman–Crippen LogP) is 4.87. The van der Waals surface area contributed by atoms with Crippen LogP contribution in [-0.2, 0) is 4.74 Å². The van der Waals surface area contributed by atoms with E-state index in [9.17, 15) is 23.2 Å². The van der Waals surface area contributed by atoms with Crippen LogP contribution in [0.15, 0.2) is 35.3 Å². The fraction of sp³-hybridized carbons (Fsp3) is 0.483. The Kier molecular flexibility index (Phi) is 9.11. The molecule has 0 aliphatic carbocycles. The summed E-state index contributed by atoms with van der Waals surface area (Å²) in [4.78, 5) is 45.4. The summed E-state index contributed by atoms with van der Waals surface area (Å²) in [7, 11) is 2.01. The Labute approximate surface area is 236 Å². The zero-order chi connectivity index (χ0) is 30.0. The number of anilines is 2. The van der Waals surface area contributed by atoms with Gasteiger partial charge in [-0.15, -0.1) is 0 Å². The molecule has 1 aromatic carbocycles. The van der Waals surface area contributed by atoms with Gasteiger partial charge in [0.25, 0.3) is 12.3 Å². The van der Waals surface area contributed by atoms with Crippen molar-refractivity contribution in [1.29, 1.82) is 0 Å². The summed E-state index contributed by atoms with van der Waals surface area (Å²) in [6, 6.07) is 3.75. The van der Waals surface area contributed by atoms with Crippen molar-refractivity contribution in [1.82, 2.24) is 14.8 Å². The van der Waals surface area contributed by atoms with Crippen LogP contribution >= 0.6 is 0 Å². The smallest absolute Gasteiger partial charge is 0.410 e. The number of H-pyrrole nitrogens is 1. The number of benzene rings is 1. The summed E-state index contributed by atoms with van der Waals surface area (Å²) in [5.74, 6) is -1.41. The molecule has 2 aliphatic heterocycles. The van der Waals surface area contributed by atoms with Crippen molar-refractivity contribution >= 4 is 28.9 Å². The molecule has 0 radical (unpaired) electrons. The van der Waals surface area contributed by atoms with Gasteiger partial charge in [-0.3, -0.25) is 14.5 Å². The minimum atomic E-state index is -3.05. The molecule has 222 valence electrons. The lowest BCUT2D eigenvalue weighted by Gasteiger charge is -2.44. The van der Waals surface area contributed by atoms with Crippen molar-refractivity contribution < 1.29 is 27.5 Å². The van der Waals surface area contributed by atoms with Gasteiger partial charge in [0.2, 0.25) is 5.56 Å². The predicted molar refractivity (Wildman–Crippen MR) is 151 cm³/mol. The van der Waals surface area contributed by atoms with E-state index < -0.39 is 40.9 Å². The van der Waals surface area contributed by atoms with E-state index in [0.717, 1.165) is 6.20 Å². The molecule has 1 saturated heterocycles. The van der Waals surface area contributed by atoms with Crippen LogP contribution in [0.4, 0.5) is 29.3 Å². The number of likely N-dealkylation sites (N-methyl/N-ethyl adjacent to an activating group) is 1. The first-order valence-corrected chi connectivity index (χ1v) is 13.6. The number of alkyl halides is 2. The lowest BCUT2D eigenvalue weighted by Crippen LogP contribution is -2.55. The number of halogens is 3. The van der Waals surface area contributed by atoms with E-state index in [0.29, 0.717) is 43.4 Å². The molecule has 41 heavy (non-hydrogen) atoms. The number of hydrogen-bond acceptors (Lipinski definition) is 6. The van der Waals surface area contributed by atoms with Crippen LogP contribution in [0, 0.1) is 5.82 Å². The average molecular weight is 576 g/mol. The number of ether oxygens (including phenoxy) is 1. The molecule has 1 aromatic heterocycles. The third kappa shape index (κ3) is 6.75. The van der Waals surface area contributed by atoms with E-state index >= 15 is 4.39 Å². The Morgan fingerprint density at radius 2 is 1.80 bits per heavy atom. The summed E-state index contributed by atoms with van der Waals surface area (Å²) in [6.45, 7) is 9.17. The first-order valence-electron chi connectivity index (χ1n) is 13.6. The number of nitrogens with zero attached hydrogens (tertiary/aromatic N) is 3. The van der Waals surface area contributed by atoms with E-state index in [1.165, 1.54) is 17.0 Å². The zero-order valence-corrected chi connectivity index (χ0v) is 23.8. The first kappa shape index (κ1) is 30.2.